The van der Waals surface area contributed by atoms with Crippen LogP contribution >= 0.6 is 0 Å². The monoisotopic (exact) mass is 346 g/mol. The Bertz CT molecular complexity index is 960. The van der Waals surface area contributed by atoms with Crippen molar-refractivity contribution >= 4 is 0 Å². The van der Waals surface area contributed by atoms with Crippen molar-refractivity contribution in [3.63, 3.8) is 0 Å². The molecule has 0 amide bonds. The summed E-state index contributed by atoms with van der Waals surface area (Å²) in [4.78, 5) is 12.4. The van der Waals surface area contributed by atoms with E-state index in [2.05, 4.69) is 4.74 Å². The molecular weight excluding hydrogens is 334 g/mol. The maximum Gasteiger partial charge on any atom is 0.387 e. The van der Waals surface area contributed by atoms with Crippen LogP contribution in [0.2, 0.25) is 0 Å². The van der Waals surface area contributed by atoms with Gasteiger partial charge < -0.3 is 19.6 Å². The fourth-order valence-corrected chi connectivity index (χ4v) is 2.75. The molecule has 6 nitrogen and oxygen atoms in total. The number of halogens is 2. The summed E-state index contributed by atoms with van der Waals surface area (Å²) in [5, 5.41) is 9.45. The third-order valence-electron chi connectivity index (χ3n) is 3.70. The summed E-state index contributed by atoms with van der Waals surface area (Å²) >= 11 is 0. The molecule has 0 saturated carbocycles. The van der Waals surface area contributed by atoms with Crippen molar-refractivity contribution in [1.29, 1.82) is 5.26 Å². The van der Waals surface area contributed by atoms with E-state index in [0.717, 1.165) is 0 Å². The van der Waals surface area contributed by atoms with E-state index in [-0.39, 0.29) is 39.8 Å². The lowest BCUT2D eigenvalue weighted by atomic mass is 9.84. The maximum absolute atomic E-state index is 12.7. The van der Waals surface area contributed by atoms with E-state index in [1.54, 1.807) is 13.0 Å². The molecule has 8 heteroatoms. The molecule has 1 aliphatic rings. The molecule has 3 rings (SSSR count). The van der Waals surface area contributed by atoms with Crippen LogP contribution in [0, 0.1) is 18.3 Å². The second kappa shape index (κ2) is 6.28. The zero-order valence-corrected chi connectivity index (χ0v) is 13.0. The van der Waals surface area contributed by atoms with Gasteiger partial charge >= 0.3 is 12.2 Å². The Kier molecular flexibility index (Phi) is 4.15. The standard InChI is InChI=1S/C17H12F2N2O4/c1-8-6-12-14(16(22)23-8)13(10(7-20)15(21)24-12)9-4-2-3-5-11(9)25-17(18)19/h2-6,13,17H,21H2,1H3. The highest BCUT2D eigenvalue weighted by atomic mass is 19.3. The average Bonchev–Trinajstić information content (AvgIpc) is 2.53. The highest BCUT2D eigenvalue weighted by Gasteiger charge is 2.36. The number of hydrogen-bond acceptors (Lipinski definition) is 6. The van der Waals surface area contributed by atoms with E-state index in [9.17, 15) is 18.8 Å². The SMILES string of the molecule is Cc1cc2c(c(=O)o1)C(c1ccccc1OC(F)F)C(C#N)=C(N)O2. The van der Waals surface area contributed by atoms with Gasteiger partial charge in [-0.3, -0.25) is 0 Å². The summed E-state index contributed by atoms with van der Waals surface area (Å²) in [6.07, 6.45) is 0. The molecular formula is C17H12F2N2O4. The van der Waals surface area contributed by atoms with Crippen LogP contribution in [0.5, 0.6) is 11.5 Å². The average molecular weight is 346 g/mol. The number of para-hydroxylation sites is 1. The molecule has 0 fully saturated rings. The second-order valence-corrected chi connectivity index (χ2v) is 5.26. The molecule has 1 unspecified atom stereocenters. The predicted molar refractivity (Wildman–Crippen MR) is 82.1 cm³/mol. The van der Waals surface area contributed by atoms with Crippen LogP contribution in [0.3, 0.4) is 0 Å². The first kappa shape index (κ1) is 16.5. The molecule has 0 spiro atoms. The van der Waals surface area contributed by atoms with Gasteiger partial charge in [-0.15, -0.1) is 0 Å². The highest BCUT2D eigenvalue weighted by Crippen LogP contribution is 2.43. The van der Waals surface area contributed by atoms with Gasteiger partial charge in [-0.1, -0.05) is 18.2 Å². The fraction of sp³-hybridized carbons (Fsp3) is 0.176. The van der Waals surface area contributed by atoms with Crippen molar-refractivity contribution in [2.24, 2.45) is 5.73 Å². The van der Waals surface area contributed by atoms with Crippen molar-refractivity contribution in [1.82, 2.24) is 0 Å². The van der Waals surface area contributed by atoms with Crippen LogP contribution < -0.4 is 20.8 Å². The number of fused-ring (bicyclic) bond motifs is 1. The normalized spacial score (nSPS) is 16.2. The molecule has 25 heavy (non-hydrogen) atoms. The van der Waals surface area contributed by atoms with Gasteiger partial charge in [0.15, 0.2) is 0 Å². The zero-order chi connectivity index (χ0) is 18.1. The lowest BCUT2D eigenvalue weighted by Crippen LogP contribution is -2.26. The number of nitriles is 1. The lowest BCUT2D eigenvalue weighted by molar-refractivity contribution is -0.0505. The molecule has 2 N–H and O–H groups in total. The van der Waals surface area contributed by atoms with Crippen molar-refractivity contribution in [3.05, 3.63) is 69.1 Å². The summed E-state index contributed by atoms with van der Waals surface area (Å²) < 4.78 is 40.4. The Morgan fingerprint density at radius 2 is 2.08 bits per heavy atom. The van der Waals surface area contributed by atoms with Gasteiger partial charge in [0.05, 0.1) is 11.5 Å². The number of benzene rings is 1. The molecule has 0 saturated heterocycles. The molecule has 1 aromatic heterocycles. The van der Waals surface area contributed by atoms with Crippen LogP contribution in [-0.2, 0) is 0 Å². The number of hydrogen-bond donors (Lipinski definition) is 1. The lowest BCUT2D eigenvalue weighted by Gasteiger charge is -2.26. The van der Waals surface area contributed by atoms with Gasteiger partial charge in [0.2, 0.25) is 5.88 Å². The van der Waals surface area contributed by atoms with E-state index in [0.29, 0.717) is 0 Å². The topological polar surface area (TPSA) is 98.5 Å². The van der Waals surface area contributed by atoms with Gasteiger partial charge in [-0.05, 0) is 13.0 Å². The quantitative estimate of drug-likeness (QED) is 0.917. The molecule has 0 radical (unpaired) electrons. The molecule has 0 bridgehead atoms. The van der Waals surface area contributed by atoms with Crippen molar-refractivity contribution in [2.75, 3.05) is 0 Å². The molecule has 0 aliphatic carbocycles. The van der Waals surface area contributed by atoms with Crippen molar-refractivity contribution in [3.8, 4) is 17.6 Å². The number of nitrogens with two attached hydrogens (primary N) is 1. The first-order chi connectivity index (χ1) is 11.9. The van der Waals surface area contributed by atoms with Crippen molar-refractivity contribution < 1.29 is 22.7 Å². The Labute approximate surface area is 140 Å². The van der Waals surface area contributed by atoms with E-state index in [1.165, 1.54) is 24.3 Å². The van der Waals surface area contributed by atoms with Gasteiger partial charge in [0, 0.05) is 11.6 Å². The maximum atomic E-state index is 12.7. The largest absolute Gasteiger partial charge is 0.440 e. The minimum Gasteiger partial charge on any atom is -0.440 e. The van der Waals surface area contributed by atoms with Gasteiger partial charge in [-0.25, -0.2) is 4.79 Å². The number of aryl methyl sites for hydroxylation is 1. The number of alkyl halides is 2. The summed E-state index contributed by atoms with van der Waals surface area (Å²) in [6, 6.07) is 9.18. The number of allylic oxidation sites excluding steroid dienone is 1. The smallest absolute Gasteiger partial charge is 0.387 e. The number of ether oxygens (including phenoxy) is 2. The highest BCUT2D eigenvalue weighted by molar-refractivity contribution is 5.57. The minimum absolute atomic E-state index is 0.00154. The van der Waals surface area contributed by atoms with Crippen LogP contribution in [0.1, 0.15) is 22.8 Å². The third kappa shape index (κ3) is 2.92. The summed E-state index contributed by atoms with van der Waals surface area (Å²) in [5.74, 6) is -1.02. The molecule has 1 aromatic carbocycles. The number of nitrogens with zero attached hydrogens (tertiary/aromatic N) is 1. The van der Waals surface area contributed by atoms with Crippen molar-refractivity contribution in [2.45, 2.75) is 19.5 Å². The van der Waals surface area contributed by atoms with Crippen LogP contribution in [0.25, 0.3) is 0 Å². The Hall–Kier alpha value is -3.34. The van der Waals surface area contributed by atoms with E-state index in [1.807, 2.05) is 6.07 Å². The molecule has 128 valence electrons. The first-order valence-electron chi connectivity index (χ1n) is 7.18. The van der Waals surface area contributed by atoms with E-state index in [4.69, 9.17) is 14.9 Å². The predicted octanol–water partition coefficient (Wildman–Crippen LogP) is 2.77. The second-order valence-electron chi connectivity index (χ2n) is 5.26. The van der Waals surface area contributed by atoms with E-state index >= 15 is 0 Å². The van der Waals surface area contributed by atoms with Gasteiger partial charge in [-0.2, -0.15) is 14.0 Å². The minimum atomic E-state index is -3.07. The summed E-state index contributed by atoms with van der Waals surface area (Å²) in [7, 11) is 0. The molecule has 1 atom stereocenters. The Morgan fingerprint density at radius 1 is 1.36 bits per heavy atom. The van der Waals surface area contributed by atoms with Crippen LogP contribution in [-0.4, -0.2) is 6.61 Å². The van der Waals surface area contributed by atoms with Gasteiger partial charge in [0.1, 0.15) is 28.9 Å². The van der Waals surface area contributed by atoms with E-state index < -0.39 is 18.2 Å². The summed E-state index contributed by atoms with van der Waals surface area (Å²) in [5.41, 5.74) is 5.15. The third-order valence-corrected chi connectivity index (χ3v) is 3.70. The molecule has 2 aromatic rings. The first-order valence-corrected chi connectivity index (χ1v) is 7.18. The molecule has 1 aliphatic heterocycles. The zero-order valence-electron chi connectivity index (χ0n) is 13.0. The number of rotatable bonds is 3. The Balaban J connectivity index is 2.29. The van der Waals surface area contributed by atoms with Crippen LogP contribution in [0.15, 0.2) is 51.0 Å². The van der Waals surface area contributed by atoms with Gasteiger partial charge in [0.25, 0.3) is 0 Å². The van der Waals surface area contributed by atoms with Crippen LogP contribution in [0.4, 0.5) is 8.78 Å². The Morgan fingerprint density at radius 3 is 2.76 bits per heavy atom. The summed E-state index contributed by atoms with van der Waals surface area (Å²) in [6.45, 7) is -1.52. The fourth-order valence-electron chi connectivity index (χ4n) is 2.75. The molecule has 2 heterocycles.